The van der Waals surface area contributed by atoms with E-state index in [4.69, 9.17) is 15.3 Å². The third-order valence-electron chi connectivity index (χ3n) is 2.67. The number of carboxylic acids is 1. The molecule has 0 aromatic carbocycles. The Bertz CT molecular complexity index is 521. The minimum absolute atomic E-state index is 0.0167. The first-order valence-corrected chi connectivity index (χ1v) is 6.11. The van der Waals surface area contributed by atoms with Gasteiger partial charge in [-0.3, -0.25) is 19.3 Å². The fraction of sp³-hybridized carbons (Fsp3) is 0.417. The Morgan fingerprint density at radius 1 is 1.09 bits per heavy atom. The number of aliphatic hydroxyl groups is 2. The lowest BCUT2D eigenvalue weighted by Crippen LogP contribution is -2.41. The zero-order valence-electron chi connectivity index (χ0n) is 11.2. The van der Waals surface area contributed by atoms with Gasteiger partial charge in [0.25, 0.3) is 11.8 Å². The predicted molar refractivity (Wildman–Crippen MR) is 65.8 cm³/mol. The van der Waals surface area contributed by atoms with Gasteiger partial charge in [0.2, 0.25) is 0 Å². The number of hydrogen-bond acceptors (Lipinski definition) is 8. The third kappa shape index (κ3) is 4.46. The van der Waals surface area contributed by atoms with Crippen LogP contribution in [0.15, 0.2) is 12.2 Å². The van der Waals surface area contributed by atoms with Crippen LogP contribution in [0.3, 0.4) is 0 Å². The van der Waals surface area contributed by atoms with Gasteiger partial charge in [0, 0.05) is 25.1 Å². The van der Waals surface area contributed by atoms with Gasteiger partial charge in [-0.1, -0.05) is 0 Å². The summed E-state index contributed by atoms with van der Waals surface area (Å²) in [6, 6.07) is 0. The van der Waals surface area contributed by atoms with Crippen molar-refractivity contribution in [2.45, 2.75) is 25.0 Å². The first kappa shape index (κ1) is 17.5. The topological polar surface area (TPSA) is 159 Å². The molecule has 1 heterocycles. The summed E-state index contributed by atoms with van der Waals surface area (Å²) in [5.74, 6) is -5.58. The summed E-state index contributed by atoms with van der Waals surface area (Å²) in [6.45, 7) is -0.0612. The molecule has 120 valence electrons. The van der Waals surface area contributed by atoms with Crippen LogP contribution < -0.4 is 0 Å². The summed E-state index contributed by atoms with van der Waals surface area (Å²) < 4.78 is 4.15. The maximum atomic E-state index is 11.3. The summed E-state index contributed by atoms with van der Waals surface area (Å²) in [6.07, 6.45) is -2.98. The van der Waals surface area contributed by atoms with Crippen molar-refractivity contribution in [2.24, 2.45) is 0 Å². The van der Waals surface area contributed by atoms with E-state index in [0.717, 1.165) is 17.1 Å². The fourth-order valence-electron chi connectivity index (χ4n) is 1.52. The van der Waals surface area contributed by atoms with Crippen molar-refractivity contribution in [3.63, 3.8) is 0 Å². The van der Waals surface area contributed by atoms with Crippen LogP contribution in [0, 0.1) is 0 Å². The molecule has 0 aromatic rings. The van der Waals surface area contributed by atoms with Gasteiger partial charge < -0.3 is 20.1 Å². The average molecular weight is 315 g/mol. The zero-order chi connectivity index (χ0) is 16.9. The second-order valence-electron chi connectivity index (χ2n) is 4.29. The maximum Gasteiger partial charge on any atom is 0.346 e. The number of amides is 2. The fourth-order valence-corrected chi connectivity index (χ4v) is 1.52. The molecule has 10 nitrogen and oxygen atoms in total. The van der Waals surface area contributed by atoms with Crippen LogP contribution in [0.5, 0.6) is 0 Å². The molecule has 1 aliphatic rings. The number of esters is 2. The van der Waals surface area contributed by atoms with E-state index < -0.39 is 41.9 Å². The van der Waals surface area contributed by atoms with Crippen LogP contribution in [0.1, 0.15) is 12.8 Å². The monoisotopic (exact) mass is 315 g/mol. The molecular formula is C12H13NO9. The highest BCUT2D eigenvalue weighted by Gasteiger charge is 2.32. The van der Waals surface area contributed by atoms with E-state index in [9.17, 15) is 24.0 Å². The lowest BCUT2D eigenvalue weighted by molar-refractivity contribution is -0.175. The van der Waals surface area contributed by atoms with Crippen molar-refractivity contribution in [1.29, 1.82) is 0 Å². The number of aliphatic hydroxyl groups excluding tert-OH is 2. The Balaban J connectivity index is 2.34. The number of imide groups is 1. The number of carboxylic acid groups (broad SMARTS) is 1. The van der Waals surface area contributed by atoms with Gasteiger partial charge in [0.05, 0.1) is 0 Å². The third-order valence-corrected chi connectivity index (χ3v) is 2.67. The molecule has 2 amide bonds. The summed E-state index contributed by atoms with van der Waals surface area (Å²) in [4.78, 5) is 56.1. The molecule has 0 aromatic heterocycles. The minimum Gasteiger partial charge on any atom is -0.479 e. The second-order valence-corrected chi connectivity index (χ2v) is 4.29. The van der Waals surface area contributed by atoms with Crippen LogP contribution in [0.25, 0.3) is 0 Å². The van der Waals surface area contributed by atoms with Gasteiger partial charge in [0.1, 0.15) is 0 Å². The molecule has 3 N–H and O–H groups in total. The molecule has 10 heteroatoms. The largest absolute Gasteiger partial charge is 0.479 e. The molecule has 0 spiro atoms. The van der Waals surface area contributed by atoms with E-state index in [1.807, 2.05) is 0 Å². The standard InChI is InChI=1S/C12H13NO9/c14-6-3-4-7(15)13(6)5-1-2-8(16)22-12(21)10(18)9(17)11(19)20/h3-4,9-10,17-18H,1-2,5H2,(H,19,20). The lowest BCUT2D eigenvalue weighted by atomic mass is 10.2. The molecule has 1 rings (SSSR count). The second kappa shape index (κ2) is 7.43. The number of rotatable bonds is 7. The van der Waals surface area contributed by atoms with Gasteiger partial charge in [-0.2, -0.15) is 0 Å². The Labute approximate surface area is 123 Å². The average Bonchev–Trinajstić information content (AvgIpc) is 2.77. The number of hydrogen-bond donors (Lipinski definition) is 3. The van der Waals surface area contributed by atoms with E-state index in [1.165, 1.54) is 0 Å². The number of ether oxygens (including phenoxy) is 1. The predicted octanol–water partition coefficient (Wildman–Crippen LogP) is -2.43. The smallest absolute Gasteiger partial charge is 0.346 e. The Morgan fingerprint density at radius 2 is 1.64 bits per heavy atom. The Kier molecular flexibility index (Phi) is 5.90. The normalized spacial score (nSPS) is 16.5. The molecule has 0 bridgehead atoms. The summed E-state index contributed by atoms with van der Waals surface area (Å²) >= 11 is 0. The van der Waals surface area contributed by atoms with Crippen LogP contribution in [0.4, 0.5) is 0 Å². The molecule has 22 heavy (non-hydrogen) atoms. The first-order valence-electron chi connectivity index (χ1n) is 6.11. The molecule has 0 aliphatic carbocycles. The molecule has 0 saturated heterocycles. The van der Waals surface area contributed by atoms with E-state index in [-0.39, 0.29) is 19.4 Å². The van der Waals surface area contributed by atoms with Gasteiger partial charge >= 0.3 is 17.9 Å². The SMILES string of the molecule is O=C(CCCN1C(=O)C=CC1=O)OC(=O)C(O)C(O)C(=O)O. The van der Waals surface area contributed by atoms with Crippen molar-refractivity contribution in [1.82, 2.24) is 4.90 Å². The van der Waals surface area contributed by atoms with Gasteiger partial charge in [-0.25, -0.2) is 9.59 Å². The van der Waals surface area contributed by atoms with Gasteiger partial charge in [0.15, 0.2) is 12.2 Å². The highest BCUT2D eigenvalue weighted by atomic mass is 16.6. The van der Waals surface area contributed by atoms with E-state index >= 15 is 0 Å². The van der Waals surface area contributed by atoms with E-state index in [0.29, 0.717) is 0 Å². The number of carbonyl (C=O) groups is 5. The van der Waals surface area contributed by atoms with Crippen LogP contribution in [-0.2, 0) is 28.7 Å². The molecule has 2 unspecified atom stereocenters. The van der Waals surface area contributed by atoms with Crippen LogP contribution >= 0.6 is 0 Å². The lowest BCUT2D eigenvalue weighted by Gasteiger charge is -2.14. The molecule has 0 fully saturated rings. The number of nitrogens with zero attached hydrogens (tertiary/aromatic N) is 1. The maximum absolute atomic E-state index is 11.3. The van der Waals surface area contributed by atoms with Crippen molar-refractivity contribution < 1.29 is 44.0 Å². The first-order chi connectivity index (χ1) is 10.2. The van der Waals surface area contributed by atoms with Gasteiger partial charge in [-0.15, -0.1) is 0 Å². The Hall–Kier alpha value is -2.59. The number of aliphatic carboxylic acids is 1. The van der Waals surface area contributed by atoms with Crippen molar-refractivity contribution >= 4 is 29.7 Å². The molecule has 1 aliphatic heterocycles. The highest BCUT2D eigenvalue weighted by Crippen LogP contribution is 2.06. The Morgan fingerprint density at radius 3 is 2.14 bits per heavy atom. The van der Waals surface area contributed by atoms with Crippen molar-refractivity contribution in [2.75, 3.05) is 6.54 Å². The summed E-state index contributed by atoms with van der Waals surface area (Å²) in [5, 5.41) is 26.4. The summed E-state index contributed by atoms with van der Waals surface area (Å²) in [7, 11) is 0. The van der Waals surface area contributed by atoms with Crippen molar-refractivity contribution in [3.05, 3.63) is 12.2 Å². The quantitative estimate of drug-likeness (QED) is 0.264. The molecular weight excluding hydrogens is 302 g/mol. The minimum atomic E-state index is -2.41. The van der Waals surface area contributed by atoms with Gasteiger partial charge in [-0.05, 0) is 6.42 Å². The zero-order valence-corrected chi connectivity index (χ0v) is 11.2. The molecule has 2 atom stereocenters. The van der Waals surface area contributed by atoms with E-state index in [1.54, 1.807) is 0 Å². The van der Waals surface area contributed by atoms with Crippen LogP contribution in [0.2, 0.25) is 0 Å². The van der Waals surface area contributed by atoms with E-state index in [2.05, 4.69) is 4.74 Å². The molecule has 0 radical (unpaired) electrons. The summed E-state index contributed by atoms with van der Waals surface area (Å²) in [5.41, 5.74) is 0. The van der Waals surface area contributed by atoms with Crippen LogP contribution in [-0.4, -0.2) is 68.7 Å². The van der Waals surface area contributed by atoms with Crippen molar-refractivity contribution in [3.8, 4) is 0 Å². The molecule has 0 saturated carbocycles. The highest BCUT2D eigenvalue weighted by molar-refractivity contribution is 6.12. The number of carbonyl (C=O) groups excluding carboxylic acids is 4.